The first-order valence-electron chi connectivity index (χ1n) is 6.21. The molecular weight excluding hydrogens is 204 g/mol. The Morgan fingerprint density at radius 2 is 2.00 bits per heavy atom. The van der Waals surface area contributed by atoms with E-state index in [-0.39, 0.29) is 0 Å². The number of aromatic nitrogens is 2. The van der Waals surface area contributed by atoms with Crippen molar-refractivity contribution in [1.82, 2.24) is 10.1 Å². The van der Waals surface area contributed by atoms with E-state index in [1.807, 2.05) is 0 Å². The molecule has 1 heterocycles. The quantitative estimate of drug-likeness (QED) is 0.738. The molecule has 1 aliphatic carbocycles. The summed E-state index contributed by atoms with van der Waals surface area (Å²) < 4.78 is 10.3. The fourth-order valence-corrected chi connectivity index (χ4v) is 2.25. The monoisotopic (exact) mass is 224 g/mol. The van der Waals surface area contributed by atoms with E-state index in [0.29, 0.717) is 12.5 Å². The van der Waals surface area contributed by atoms with Gasteiger partial charge in [0.25, 0.3) is 0 Å². The van der Waals surface area contributed by atoms with Gasteiger partial charge in [-0.2, -0.15) is 4.98 Å². The minimum atomic E-state index is 0.492. The topological polar surface area (TPSA) is 48.2 Å². The Kier molecular flexibility index (Phi) is 4.34. The third kappa shape index (κ3) is 3.04. The highest BCUT2D eigenvalue weighted by molar-refractivity contribution is 4.95. The first kappa shape index (κ1) is 11.6. The van der Waals surface area contributed by atoms with E-state index in [4.69, 9.17) is 9.26 Å². The van der Waals surface area contributed by atoms with Crippen molar-refractivity contribution in [3.05, 3.63) is 11.7 Å². The van der Waals surface area contributed by atoms with Gasteiger partial charge >= 0.3 is 0 Å². The molecule has 0 unspecified atom stereocenters. The van der Waals surface area contributed by atoms with Crippen molar-refractivity contribution in [2.24, 2.45) is 0 Å². The summed E-state index contributed by atoms with van der Waals surface area (Å²) in [6.45, 7) is 0.656. The summed E-state index contributed by atoms with van der Waals surface area (Å²) in [7, 11) is 1.69. The predicted molar refractivity (Wildman–Crippen MR) is 60.3 cm³/mol. The summed E-state index contributed by atoms with van der Waals surface area (Å²) in [4.78, 5) is 4.46. The summed E-state index contributed by atoms with van der Waals surface area (Å²) in [5.41, 5.74) is 0. The molecule has 1 aromatic heterocycles. The van der Waals surface area contributed by atoms with E-state index >= 15 is 0 Å². The Hall–Kier alpha value is -0.900. The number of hydrogen-bond acceptors (Lipinski definition) is 4. The fourth-order valence-electron chi connectivity index (χ4n) is 2.25. The van der Waals surface area contributed by atoms with Gasteiger partial charge in [0.1, 0.15) is 0 Å². The molecule has 0 saturated heterocycles. The number of nitrogens with zero attached hydrogens (tertiary/aromatic N) is 2. The summed E-state index contributed by atoms with van der Waals surface area (Å²) in [5.74, 6) is 2.11. The zero-order valence-electron chi connectivity index (χ0n) is 9.95. The number of rotatable bonds is 4. The maximum absolute atomic E-state index is 5.34. The molecule has 90 valence electrons. The van der Waals surface area contributed by atoms with Crippen LogP contribution in [-0.2, 0) is 11.2 Å². The smallest absolute Gasteiger partial charge is 0.229 e. The predicted octanol–water partition coefficient (Wildman–Crippen LogP) is 2.70. The second-order valence-corrected chi connectivity index (χ2v) is 4.48. The van der Waals surface area contributed by atoms with Crippen LogP contribution >= 0.6 is 0 Å². The molecule has 0 bridgehead atoms. The van der Waals surface area contributed by atoms with Crippen molar-refractivity contribution >= 4 is 0 Å². The Balaban J connectivity index is 1.94. The van der Waals surface area contributed by atoms with Gasteiger partial charge in [0.05, 0.1) is 6.61 Å². The van der Waals surface area contributed by atoms with Crippen molar-refractivity contribution in [2.45, 2.75) is 50.9 Å². The lowest BCUT2D eigenvalue weighted by molar-refractivity contribution is 0.199. The lowest BCUT2D eigenvalue weighted by Crippen LogP contribution is -1.99. The van der Waals surface area contributed by atoms with Crippen LogP contribution in [0.25, 0.3) is 0 Å². The van der Waals surface area contributed by atoms with Gasteiger partial charge in [-0.05, 0) is 12.8 Å². The third-order valence-corrected chi connectivity index (χ3v) is 3.22. The molecule has 0 N–H and O–H groups in total. The van der Waals surface area contributed by atoms with Crippen molar-refractivity contribution in [2.75, 3.05) is 13.7 Å². The van der Waals surface area contributed by atoms with Crippen LogP contribution in [0.5, 0.6) is 0 Å². The van der Waals surface area contributed by atoms with Gasteiger partial charge in [0.2, 0.25) is 5.89 Å². The third-order valence-electron chi connectivity index (χ3n) is 3.22. The minimum Gasteiger partial charge on any atom is -0.384 e. The molecule has 16 heavy (non-hydrogen) atoms. The van der Waals surface area contributed by atoms with Crippen LogP contribution in [-0.4, -0.2) is 23.9 Å². The molecule has 1 fully saturated rings. The van der Waals surface area contributed by atoms with E-state index in [9.17, 15) is 0 Å². The summed E-state index contributed by atoms with van der Waals surface area (Å²) in [6, 6.07) is 0. The molecular formula is C12H20N2O2. The maximum atomic E-state index is 5.34. The highest BCUT2D eigenvalue weighted by Gasteiger charge is 2.20. The molecule has 0 atom stereocenters. The van der Waals surface area contributed by atoms with Crippen molar-refractivity contribution in [3.8, 4) is 0 Å². The number of hydrogen-bond donors (Lipinski definition) is 0. The summed E-state index contributed by atoms with van der Waals surface area (Å²) >= 11 is 0. The van der Waals surface area contributed by atoms with Crippen LogP contribution in [0, 0.1) is 0 Å². The van der Waals surface area contributed by atoms with Crippen LogP contribution in [0.4, 0.5) is 0 Å². The Bertz CT molecular complexity index is 304. The second-order valence-electron chi connectivity index (χ2n) is 4.48. The van der Waals surface area contributed by atoms with Gasteiger partial charge in [-0.3, -0.25) is 0 Å². The molecule has 0 amide bonds. The van der Waals surface area contributed by atoms with Crippen molar-refractivity contribution in [1.29, 1.82) is 0 Å². The van der Waals surface area contributed by atoms with Crippen molar-refractivity contribution in [3.63, 3.8) is 0 Å². The normalized spacial score (nSPS) is 18.6. The van der Waals surface area contributed by atoms with Gasteiger partial charge in [-0.25, -0.2) is 0 Å². The van der Waals surface area contributed by atoms with Gasteiger partial charge in [0, 0.05) is 19.4 Å². The Morgan fingerprint density at radius 3 is 2.69 bits per heavy atom. The van der Waals surface area contributed by atoms with E-state index in [0.717, 1.165) is 18.1 Å². The molecule has 0 aliphatic heterocycles. The largest absolute Gasteiger partial charge is 0.384 e. The van der Waals surface area contributed by atoms with E-state index in [1.165, 1.54) is 38.5 Å². The van der Waals surface area contributed by atoms with E-state index in [2.05, 4.69) is 10.1 Å². The van der Waals surface area contributed by atoms with E-state index < -0.39 is 0 Å². The van der Waals surface area contributed by atoms with Gasteiger partial charge in [-0.1, -0.05) is 30.8 Å². The van der Waals surface area contributed by atoms with Gasteiger partial charge in [0.15, 0.2) is 5.82 Å². The number of methoxy groups -OCH3 is 1. The summed E-state index contributed by atoms with van der Waals surface area (Å²) in [6.07, 6.45) is 8.42. The zero-order valence-corrected chi connectivity index (χ0v) is 9.95. The minimum absolute atomic E-state index is 0.492. The highest BCUT2D eigenvalue weighted by atomic mass is 16.5. The zero-order chi connectivity index (χ0) is 11.2. The van der Waals surface area contributed by atoms with Crippen LogP contribution < -0.4 is 0 Å². The van der Waals surface area contributed by atoms with Crippen LogP contribution in [0.15, 0.2) is 4.52 Å². The first-order chi connectivity index (χ1) is 7.90. The fraction of sp³-hybridized carbons (Fsp3) is 0.833. The molecule has 1 aromatic rings. The first-order valence-corrected chi connectivity index (χ1v) is 6.21. The lowest BCUT2D eigenvalue weighted by atomic mass is 10.0. The van der Waals surface area contributed by atoms with E-state index in [1.54, 1.807) is 7.11 Å². The molecule has 4 heteroatoms. The van der Waals surface area contributed by atoms with Crippen molar-refractivity contribution < 1.29 is 9.26 Å². The van der Waals surface area contributed by atoms with Gasteiger partial charge < -0.3 is 9.26 Å². The molecule has 1 aliphatic rings. The highest BCUT2D eigenvalue weighted by Crippen LogP contribution is 2.30. The van der Waals surface area contributed by atoms with Gasteiger partial charge in [-0.15, -0.1) is 0 Å². The van der Waals surface area contributed by atoms with Crippen LogP contribution in [0.2, 0.25) is 0 Å². The average Bonchev–Trinajstić information content (AvgIpc) is 2.60. The lowest BCUT2D eigenvalue weighted by Gasteiger charge is -2.06. The SMILES string of the molecule is COCCc1noc(C2CCCCCC2)n1. The molecule has 4 nitrogen and oxygen atoms in total. The maximum Gasteiger partial charge on any atom is 0.229 e. The average molecular weight is 224 g/mol. The standard InChI is InChI=1S/C12H20N2O2/c1-15-9-8-11-13-12(16-14-11)10-6-4-2-3-5-7-10/h10H,2-9H2,1H3. The molecule has 2 rings (SSSR count). The van der Waals surface area contributed by atoms with Crippen LogP contribution in [0.3, 0.4) is 0 Å². The Labute approximate surface area is 96.4 Å². The second kappa shape index (κ2) is 5.99. The molecule has 0 spiro atoms. The molecule has 0 aromatic carbocycles. The van der Waals surface area contributed by atoms with Crippen LogP contribution in [0.1, 0.15) is 56.2 Å². The Morgan fingerprint density at radius 1 is 1.25 bits per heavy atom. The molecule has 1 saturated carbocycles. The molecule has 0 radical (unpaired) electrons. The summed E-state index contributed by atoms with van der Waals surface area (Å²) in [5, 5.41) is 3.99. The number of ether oxygens (including phenoxy) is 1.